The molecular formula is C19H26N4O4. The number of aromatic nitrogens is 2. The zero-order valence-corrected chi connectivity index (χ0v) is 15.7. The Hall–Kier alpha value is -2.22. The smallest absolute Gasteiger partial charge is 0.267 e. The van der Waals surface area contributed by atoms with E-state index in [2.05, 4.69) is 5.10 Å². The first-order valence-electron chi connectivity index (χ1n) is 9.83. The standard InChI is InChI=1S/C19H26N4O4/c1-13(23-17(24)7-6-15(20-23)14-4-5-14)18(25)21-8-10-22(11-9-21)19(26)16-3-2-12-27-16/h6-7,13-14,16H,2-5,8-12H2,1H3/t13-,16-/m1/s1. The lowest BCUT2D eigenvalue weighted by Crippen LogP contribution is -2.54. The molecule has 2 atom stereocenters. The van der Waals surface area contributed by atoms with E-state index in [1.165, 1.54) is 10.7 Å². The number of hydrogen-bond donors (Lipinski definition) is 0. The van der Waals surface area contributed by atoms with Crippen LogP contribution in [0.15, 0.2) is 16.9 Å². The summed E-state index contributed by atoms with van der Waals surface area (Å²) in [5.74, 6) is 0.330. The Labute approximate surface area is 158 Å². The van der Waals surface area contributed by atoms with Crippen LogP contribution in [0.5, 0.6) is 0 Å². The highest BCUT2D eigenvalue weighted by Crippen LogP contribution is 2.38. The van der Waals surface area contributed by atoms with E-state index >= 15 is 0 Å². The molecule has 8 heteroatoms. The van der Waals surface area contributed by atoms with Crippen LogP contribution >= 0.6 is 0 Å². The molecule has 1 aliphatic carbocycles. The van der Waals surface area contributed by atoms with Crippen molar-refractivity contribution >= 4 is 11.8 Å². The van der Waals surface area contributed by atoms with Crippen LogP contribution in [0.3, 0.4) is 0 Å². The van der Waals surface area contributed by atoms with Crippen molar-refractivity contribution in [2.24, 2.45) is 0 Å². The van der Waals surface area contributed by atoms with Crippen molar-refractivity contribution in [2.75, 3.05) is 32.8 Å². The summed E-state index contributed by atoms with van der Waals surface area (Å²) in [7, 11) is 0. The van der Waals surface area contributed by atoms with Crippen molar-refractivity contribution in [2.45, 2.75) is 50.7 Å². The third-order valence-electron chi connectivity index (χ3n) is 5.67. The number of carbonyl (C=O) groups excluding carboxylic acids is 2. The molecule has 0 radical (unpaired) electrons. The Morgan fingerprint density at radius 1 is 1.11 bits per heavy atom. The molecule has 2 aliphatic heterocycles. The number of ether oxygens (including phenoxy) is 1. The van der Waals surface area contributed by atoms with Gasteiger partial charge in [0.2, 0.25) is 5.91 Å². The van der Waals surface area contributed by atoms with Gasteiger partial charge in [0.05, 0.1) is 5.69 Å². The number of nitrogens with zero attached hydrogens (tertiary/aromatic N) is 4. The number of amides is 2. The number of hydrogen-bond acceptors (Lipinski definition) is 5. The summed E-state index contributed by atoms with van der Waals surface area (Å²) < 4.78 is 6.77. The molecule has 0 spiro atoms. The van der Waals surface area contributed by atoms with Crippen LogP contribution in [0.4, 0.5) is 0 Å². The molecule has 1 aromatic rings. The van der Waals surface area contributed by atoms with E-state index in [1.54, 1.807) is 22.8 Å². The first-order chi connectivity index (χ1) is 13.0. The van der Waals surface area contributed by atoms with Crippen molar-refractivity contribution < 1.29 is 14.3 Å². The maximum atomic E-state index is 12.9. The molecule has 3 fully saturated rings. The summed E-state index contributed by atoms with van der Waals surface area (Å²) >= 11 is 0. The molecule has 146 valence electrons. The molecule has 27 heavy (non-hydrogen) atoms. The Kier molecular flexibility index (Phi) is 4.99. The average Bonchev–Trinajstić information content (AvgIpc) is 3.40. The van der Waals surface area contributed by atoms with Gasteiger partial charge in [0.1, 0.15) is 12.1 Å². The highest BCUT2D eigenvalue weighted by molar-refractivity contribution is 5.82. The normalized spacial score (nSPS) is 24.1. The van der Waals surface area contributed by atoms with Gasteiger partial charge in [-0.1, -0.05) is 0 Å². The molecule has 2 saturated heterocycles. The first-order valence-corrected chi connectivity index (χ1v) is 9.83. The Morgan fingerprint density at radius 3 is 2.44 bits per heavy atom. The maximum absolute atomic E-state index is 12.9. The van der Waals surface area contributed by atoms with Crippen molar-refractivity contribution in [1.82, 2.24) is 19.6 Å². The molecule has 3 aliphatic rings. The zero-order valence-electron chi connectivity index (χ0n) is 15.7. The minimum atomic E-state index is -0.642. The van der Waals surface area contributed by atoms with Gasteiger partial charge in [-0.2, -0.15) is 5.10 Å². The molecule has 0 N–H and O–H groups in total. The van der Waals surface area contributed by atoms with Crippen LogP contribution < -0.4 is 5.56 Å². The van der Waals surface area contributed by atoms with Gasteiger partial charge in [-0.25, -0.2) is 4.68 Å². The van der Waals surface area contributed by atoms with E-state index in [0.29, 0.717) is 38.7 Å². The summed E-state index contributed by atoms with van der Waals surface area (Å²) in [6.07, 6.45) is 3.57. The SMILES string of the molecule is C[C@H](C(=O)N1CCN(C(=O)[C@H]2CCCO2)CC1)n1nc(C2CC2)ccc1=O. The number of rotatable bonds is 4. The molecule has 1 saturated carbocycles. The van der Waals surface area contributed by atoms with Crippen LogP contribution in [-0.4, -0.2) is 70.3 Å². The molecule has 0 aromatic carbocycles. The van der Waals surface area contributed by atoms with Gasteiger partial charge in [0.15, 0.2) is 0 Å². The predicted octanol–water partition coefficient (Wildman–Crippen LogP) is 0.532. The fraction of sp³-hybridized carbons (Fsp3) is 0.684. The Morgan fingerprint density at radius 2 is 1.81 bits per heavy atom. The van der Waals surface area contributed by atoms with Crippen LogP contribution in [0.1, 0.15) is 50.3 Å². The van der Waals surface area contributed by atoms with Crippen molar-refractivity contribution in [1.29, 1.82) is 0 Å². The summed E-state index contributed by atoms with van der Waals surface area (Å²) in [5, 5.41) is 4.42. The Balaban J connectivity index is 1.38. The lowest BCUT2D eigenvalue weighted by atomic mass is 10.2. The molecule has 8 nitrogen and oxygen atoms in total. The first kappa shape index (κ1) is 18.2. The topological polar surface area (TPSA) is 84.7 Å². The van der Waals surface area contributed by atoms with E-state index in [1.807, 2.05) is 0 Å². The lowest BCUT2D eigenvalue weighted by molar-refractivity contribution is -0.147. The molecule has 1 aromatic heterocycles. The van der Waals surface area contributed by atoms with E-state index in [-0.39, 0.29) is 23.5 Å². The molecular weight excluding hydrogens is 348 g/mol. The van der Waals surface area contributed by atoms with Gasteiger partial charge >= 0.3 is 0 Å². The van der Waals surface area contributed by atoms with Gasteiger partial charge in [-0.15, -0.1) is 0 Å². The minimum Gasteiger partial charge on any atom is -0.368 e. The second-order valence-corrected chi connectivity index (χ2v) is 7.64. The summed E-state index contributed by atoms with van der Waals surface area (Å²) in [4.78, 5) is 41.0. The third kappa shape index (κ3) is 3.76. The monoisotopic (exact) mass is 374 g/mol. The number of piperazine rings is 1. The van der Waals surface area contributed by atoms with Crippen molar-refractivity contribution in [3.8, 4) is 0 Å². The summed E-state index contributed by atoms with van der Waals surface area (Å²) in [5.41, 5.74) is 0.633. The van der Waals surface area contributed by atoms with Gasteiger partial charge in [-0.05, 0) is 38.7 Å². The van der Waals surface area contributed by atoms with E-state index in [0.717, 1.165) is 31.4 Å². The Bertz CT molecular complexity index is 774. The predicted molar refractivity (Wildman–Crippen MR) is 97.3 cm³/mol. The lowest BCUT2D eigenvalue weighted by Gasteiger charge is -2.36. The van der Waals surface area contributed by atoms with Gasteiger partial charge in [0.25, 0.3) is 11.5 Å². The number of carbonyl (C=O) groups is 2. The fourth-order valence-corrected chi connectivity index (χ4v) is 3.81. The molecule has 0 bridgehead atoms. The van der Waals surface area contributed by atoms with E-state index in [9.17, 15) is 14.4 Å². The summed E-state index contributed by atoms with van der Waals surface area (Å²) in [6.45, 7) is 4.31. The second kappa shape index (κ2) is 7.42. The minimum absolute atomic E-state index is 0.0302. The van der Waals surface area contributed by atoms with Crippen LogP contribution in [-0.2, 0) is 14.3 Å². The quantitative estimate of drug-likeness (QED) is 0.768. The van der Waals surface area contributed by atoms with Crippen molar-refractivity contribution in [3.05, 3.63) is 28.2 Å². The highest BCUT2D eigenvalue weighted by atomic mass is 16.5. The highest BCUT2D eigenvalue weighted by Gasteiger charge is 2.33. The maximum Gasteiger partial charge on any atom is 0.267 e. The van der Waals surface area contributed by atoms with E-state index in [4.69, 9.17) is 4.74 Å². The second-order valence-electron chi connectivity index (χ2n) is 7.64. The summed E-state index contributed by atoms with van der Waals surface area (Å²) in [6, 6.07) is 2.63. The molecule has 0 unspecified atom stereocenters. The van der Waals surface area contributed by atoms with Gasteiger partial charge in [-0.3, -0.25) is 14.4 Å². The average molecular weight is 374 g/mol. The third-order valence-corrected chi connectivity index (χ3v) is 5.67. The van der Waals surface area contributed by atoms with Gasteiger partial charge in [0, 0.05) is 44.8 Å². The molecule has 4 rings (SSSR count). The zero-order chi connectivity index (χ0) is 19.0. The largest absolute Gasteiger partial charge is 0.368 e. The van der Waals surface area contributed by atoms with E-state index < -0.39 is 6.04 Å². The fourth-order valence-electron chi connectivity index (χ4n) is 3.81. The van der Waals surface area contributed by atoms with Crippen LogP contribution in [0, 0.1) is 0 Å². The van der Waals surface area contributed by atoms with Crippen molar-refractivity contribution in [3.63, 3.8) is 0 Å². The molecule has 3 heterocycles. The van der Waals surface area contributed by atoms with Crippen LogP contribution in [0.25, 0.3) is 0 Å². The van der Waals surface area contributed by atoms with Gasteiger partial charge < -0.3 is 14.5 Å². The van der Waals surface area contributed by atoms with Crippen LogP contribution in [0.2, 0.25) is 0 Å². The molecule has 2 amide bonds.